The third-order valence-electron chi connectivity index (χ3n) is 6.67. The van der Waals surface area contributed by atoms with Crippen LogP contribution in [0.5, 0.6) is 0 Å². The Morgan fingerprint density at radius 2 is 1.47 bits per heavy atom. The van der Waals surface area contributed by atoms with E-state index in [0.717, 1.165) is 9.87 Å². The molecule has 4 aromatic carbocycles. The number of benzene rings is 4. The fourth-order valence-electron chi connectivity index (χ4n) is 4.60. The number of anilines is 1. The molecule has 0 radical (unpaired) electrons. The smallest absolute Gasteiger partial charge is 0.264 e. The third-order valence-corrected chi connectivity index (χ3v) is 8.96. The van der Waals surface area contributed by atoms with E-state index in [-0.39, 0.29) is 35.5 Å². The first-order chi connectivity index (χ1) is 20.5. The lowest BCUT2D eigenvalue weighted by Gasteiger charge is -2.34. The second-order valence-corrected chi connectivity index (χ2v) is 13.1. The van der Waals surface area contributed by atoms with Crippen molar-refractivity contribution in [3.05, 3.63) is 131 Å². The SMILES string of the molecule is CC(C)NC(=O)[C@H](Cc1ccccc1)N(Cc1ccc(F)cc1)C(=O)CN(c1cccc(Br)c1)S(=O)(=O)c1ccccc1. The molecular formula is C33H33BrFN3O4S. The molecule has 0 spiro atoms. The Bertz CT molecular complexity index is 1640. The number of carbonyl (C=O) groups excluding carboxylic acids is 2. The molecule has 43 heavy (non-hydrogen) atoms. The van der Waals surface area contributed by atoms with Crippen LogP contribution in [0, 0.1) is 5.82 Å². The molecule has 224 valence electrons. The van der Waals surface area contributed by atoms with Crippen molar-refractivity contribution >= 4 is 43.5 Å². The maximum atomic E-state index is 14.3. The zero-order valence-corrected chi connectivity index (χ0v) is 26.3. The first-order valence-corrected chi connectivity index (χ1v) is 16.0. The van der Waals surface area contributed by atoms with Crippen LogP contribution in [0.1, 0.15) is 25.0 Å². The first kappa shape index (κ1) is 31.9. The fourth-order valence-corrected chi connectivity index (χ4v) is 6.42. The number of nitrogens with zero attached hydrogens (tertiary/aromatic N) is 2. The van der Waals surface area contributed by atoms with Crippen LogP contribution in [0.15, 0.2) is 119 Å². The molecule has 4 aromatic rings. The van der Waals surface area contributed by atoms with Crippen LogP contribution < -0.4 is 9.62 Å². The summed E-state index contributed by atoms with van der Waals surface area (Å²) in [4.78, 5) is 29.4. The van der Waals surface area contributed by atoms with Gasteiger partial charge in [-0.05, 0) is 67.4 Å². The van der Waals surface area contributed by atoms with Gasteiger partial charge in [0.25, 0.3) is 10.0 Å². The summed E-state index contributed by atoms with van der Waals surface area (Å²) in [7, 11) is -4.19. The molecule has 7 nitrogen and oxygen atoms in total. The van der Waals surface area contributed by atoms with Gasteiger partial charge in [-0.2, -0.15) is 0 Å². The minimum absolute atomic E-state index is 0.0197. The maximum absolute atomic E-state index is 14.3. The van der Waals surface area contributed by atoms with Crippen LogP contribution in [0.2, 0.25) is 0 Å². The second kappa shape index (κ2) is 14.4. The highest BCUT2D eigenvalue weighted by molar-refractivity contribution is 9.10. The van der Waals surface area contributed by atoms with Gasteiger partial charge in [0.1, 0.15) is 18.4 Å². The molecule has 0 bridgehead atoms. The van der Waals surface area contributed by atoms with E-state index in [1.54, 1.807) is 54.6 Å². The zero-order chi connectivity index (χ0) is 31.0. The van der Waals surface area contributed by atoms with Crippen molar-refractivity contribution in [3.8, 4) is 0 Å². The molecule has 1 atom stereocenters. The summed E-state index contributed by atoms with van der Waals surface area (Å²) in [5.74, 6) is -1.41. The van der Waals surface area contributed by atoms with Crippen LogP contribution in [0.3, 0.4) is 0 Å². The molecule has 0 aliphatic heterocycles. The molecule has 0 aromatic heterocycles. The van der Waals surface area contributed by atoms with Gasteiger partial charge in [-0.1, -0.05) is 82.7 Å². The lowest BCUT2D eigenvalue weighted by Crippen LogP contribution is -2.54. The van der Waals surface area contributed by atoms with E-state index in [1.807, 2.05) is 44.2 Å². The molecule has 10 heteroatoms. The van der Waals surface area contributed by atoms with Crippen molar-refractivity contribution < 1.29 is 22.4 Å². The molecule has 0 unspecified atom stereocenters. The third kappa shape index (κ3) is 8.52. The molecule has 0 fully saturated rings. The molecule has 2 amide bonds. The standard InChI is InChI=1S/C33H33BrFN3O4S/c1-24(2)36-33(40)31(20-25-10-5-3-6-11-25)37(22-26-16-18-28(35)19-17-26)32(39)23-38(29-13-9-12-27(34)21-29)43(41,42)30-14-7-4-8-15-30/h3-19,21,24,31H,20,22-23H2,1-2H3,(H,36,40)/t31-/m0/s1. The van der Waals surface area contributed by atoms with E-state index in [1.165, 1.54) is 29.2 Å². The van der Waals surface area contributed by atoms with E-state index >= 15 is 0 Å². The molecule has 0 aliphatic rings. The van der Waals surface area contributed by atoms with Crippen molar-refractivity contribution in [3.63, 3.8) is 0 Å². The second-order valence-electron chi connectivity index (χ2n) is 10.3. The van der Waals surface area contributed by atoms with Crippen LogP contribution in [0.4, 0.5) is 10.1 Å². The highest BCUT2D eigenvalue weighted by atomic mass is 79.9. The maximum Gasteiger partial charge on any atom is 0.264 e. The average molecular weight is 667 g/mol. The number of amides is 2. The highest BCUT2D eigenvalue weighted by Gasteiger charge is 2.34. The Morgan fingerprint density at radius 3 is 2.07 bits per heavy atom. The van der Waals surface area contributed by atoms with E-state index in [0.29, 0.717) is 10.0 Å². The van der Waals surface area contributed by atoms with Gasteiger partial charge < -0.3 is 10.2 Å². The predicted molar refractivity (Wildman–Crippen MR) is 169 cm³/mol. The van der Waals surface area contributed by atoms with E-state index in [2.05, 4.69) is 21.2 Å². The molecular weight excluding hydrogens is 633 g/mol. The summed E-state index contributed by atoms with van der Waals surface area (Å²) >= 11 is 3.40. The minimum Gasteiger partial charge on any atom is -0.352 e. The Kier molecular flexibility index (Phi) is 10.7. The topological polar surface area (TPSA) is 86.8 Å². The van der Waals surface area contributed by atoms with Gasteiger partial charge in [0, 0.05) is 23.5 Å². The summed E-state index contributed by atoms with van der Waals surface area (Å²) in [6.45, 7) is 3.03. The van der Waals surface area contributed by atoms with Crippen molar-refractivity contribution in [2.45, 2.75) is 43.8 Å². The number of hydrogen-bond donors (Lipinski definition) is 1. The fraction of sp³-hybridized carbons (Fsp3) is 0.212. The van der Waals surface area contributed by atoms with Crippen molar-refractivity contribution in [2.75, 3.05) is 10.8 Å². The minimum atomic E-state index is -4.19. The number of carbonyl (C=O) groups is 2. The summed E-state index contributed by atoms with van der Waals surface area (Å²) in [5.41, 5.74) is 1.69. The van der Waals surface area contributed by atoms with Gasteiger partial charge in [0.05, 0.1) is 10.6 Å². The molecule has 0 saturated carbocycles. The first-order valence-electron chi connectivity index (χ1n) is 13.8. The quantitative estimate of drug-likeness (QED) is 0.203. The summed E-state index contributed by atoms with van der Waals surface area (Å²) in [5, 5.41) is 2.91. The number of halogens is 2. The molecule has 0 saturated heterocycles. The number of hydrogen-bond acceptors (Lipinski definition) is 4. The predicted octanol–water partition coefficient (Wildman–Crippen LogP) is 5.95. The molecule has 4 rings (SSSR count). The highest BCUT2D eigenvalue weighted by Crippen LogP contribution is 2.27. The molecule has 0 aliphatic carbocycles. The normalized spacial score (nSPS) is 12.0. The Labute approximate surface area is 260 Å². The average Bonchev–Trinajstić information content (AvgIpc) is 2.99. The van der Waals surface area contributed by atoms with E-state index in [9.17, 15) is 22.4 Å². The number of sulfonamides is 1. The van der Waals surface area contributed by atoms with Gasteiger partial charge in [-0.15, -0.1) is 0 Å². The van der Waals surface area contributed by atoms with Crippen LogP contribution in [-0.4, -0.2) is 43.8 Å². The summed E-state index contributed by atoms with van der Waals surface area (Å²) < 4.78 is 43.4. The Morgan fingerprint density at radius 1 is 0.837 bits per heavy atom. The van der Waals surface area contributed by atoms with Crippen molar-refractivity contribution in [1.82, 2.24) is 10.2 Å². The van der Waals surface area contributed by atoms with Crippen molar-refractivity contribution in [1.29, 1.82) is 0 Å². The lowest BCUT2D eigenvalue weighted by atomic mass is 10.0. The van der Waals surface area contributed by atoms with E-state index < -0.39 is 34.3 Å². The molecule has 1 N–H and O–H groups in total. The van der Waals surface area contributed by atoms with Gasteiger partial charge in [-0.3, -0.25) is 13.9 Å². The van der Waals surface area contributed by atoms with Crippen molar-refractivity contribution in [2.24, 2.45) is 0 Å². The monoisotopic (exact) mass is 665 g/mol. The number of nitrogens with one attached hydrogen (secondary N) is 1. The van der Waals surface area contributed by atoms with Crippen LogP contribution >= 0.6 is 15.9 Å². The van der Waals surface area contributed by atoms with E-state index in [4.69, 9.17) is 0 Å². The van der Waals surface area contributed by atoms with Gasteiger partial charge in [-0.25, -0.2) is 12.8 Å². The van der Waals surface area contributed by atoms with Gasteiger partial charge in [0.15, 0.2) is 0 Å². The Balaban J connectivity index is 1.80. The largest absolute Gasteiger partial charge is 0.352 e. The summed E-state index contributed by atoms with van der Waals surface area (Å²) in [6.07, 6.45) is 0.189. The Hall–Kier alpha value is -4.02. The summed E-state index contributed by atoms with van der Waals surface area (Å²) in [6, 6.07) is 28.3. The number of rotatable bonds is 12. The lowest BCUT2D eigenvalue weighted by molar-refractivity contribution is -0.140. The molecule has 0 heterocycles. The van der Waals surface area contributed by atoms with Gasteiger partial charge >= 0.3 is 0 Å². The zero-order valence-electron chi connectivity index (χ0n) is 23.9. The van der Waals surface area contributed by atoms with Crippen LogP contribution in [0.25, 0.3) is 0 Å². The van der Waals surface area contributed by atoms with Gasteiger partial charge in [0.2, 0.25) is 11.8 Å². The van der Waals surface area contributed by atoms with Crippen LogP contribution in [-0.2, 0) is 32.6 Å².